The predicted molar refractivity (Wildman–Crippen MR) is 95.2 cm³/mol. The number of benzene rings is 1. The molecule has 26 heavy (non-hydrogen) atoms. The first-order chi connectivity index (χ1) is 12.4. The van der Waals surface area contributed by atoms with E-state index in [0.29, 0.717) is 26.3 Å². The largest absolute Gasteiger partial charge is 0.379 e. The highest BCUT2D eigenvalue weighted by molar-refractivity contribution is 7.90. The van der Waals surface area contributed by atoms with Crippen molar-refractivity contribution in [2.45, 2.75) is 11.8 Å². The van der Waals surface area contributed by atoms with Crippen LogP contribution in [0.2, 0.25) is 0 Å². The van der Waals surface area contributed by atoms with Crippen LogP contribution in [0.4, 0.5) is 4.79 Å². The van der Waals surface area contributed by atoms with Gasteiger partial charge in [0.25, 0.3) is 10.0 Å². The zero-order chi connectivity index (χ0) is 19.0. The van der Waals surface area contributed by atoms with Crippen molar-refractivity contribution in [2.75, 3.05) is 45.9 Å². The van der Waals surface area contributed by atoms with Crippen LogP contribution in [0.1, 0.15) is 5.56 Å². The zero-order valence-electron chi connectivity index (χ0n) is 14.7. The number of carbonyl (C=O) groups is 2. The van der Waals surface area contributed by atoms with Crippen LogP contribution in [0.5, 0.6) is 0 Å². The first kappa shape index (κ1) is 20.1. The summed E-state index contributed by atoms with van der Waals surface area (Å²) in [5.41, 5.74) is 0.905. The summed E-state index contributed by atoms with van der Waals surface area (Å²) in [6, 6.07) is 5.13. The second-order valence-electron chi connectivity index (χ2n) is 5.91. The Hall–Kier alpha value is -2.17. The number of hydrogen-bond acceptors (Lipinski definition) is 6. The van der Waals surface area contributed by atoms with Gasteiger partial charge in [0.15, 0.2) is 0 Å². The minimum atomic E-state index is -3.97. The molecule has 0 radical (unpaired) electrons. The molecule has 1 aliphatic heterocycles. The Morgan fingerprint density at radius 3 is 2.42 bits per heavy atom. The van der Waals surface area contributed by atoms with Gasteiger partial charge in [-0.3, -0.25) is 9.69 Å². The topological polar surface area (TPSA) is 117 Å². The number of aryl methyl sites for hydroxylation is 1. The van der Waals surface area contributed by atoms with Crippen molar-refractivity contribution in [3.8, 4) is 0 Å². The quantitative estimate of drug-likeness (QED) is 0.580. The molecular weight excluding hydrogens is 360 g/mol. The third-order valence-electron chi connectivity index (χ3n) is 3.82. The van der Waals surface area contributed by atoms with E-state index in [1.165, 1.54) is 12.1 Å². The number of sulfonamides is 1. The zero-order valence-corrected chi connectivity index (χ0v) is 15.5. The van der Waals surface area contributed by atoms with Crippen LogP contribution in [0.3, 0.4) is 0 Å². The van der Waals surface area contributed by atoms with Crippen LogP contribution in [-0.4, -0.2) is 71.2 Å². The lowest BCUT2D eigenvalue weighted by Gasteiger charge is -2.26. The van der Waals surface area contributed by atoms with Gasteiger partial charge in [-0.2, -0.15) is 0 Å². The molecule has 1 fully saturated rings. The average molecular weight is 384 g/mol. The first-order valence-electron chi connectivity index (χ1n) is 8.31. The van der Waals surface area contributed by atoms with Crippen molar-refractivity contribution >= 4 is 22.0 Å². The maximum absolute atomic E-state index is 12.1. The third-order valence-corrected chi connectivity index (χ3v) is 5.17. The highest BCUT2D eigenvalue weighted by Crippen LogP contribution is 2.09. The fourth-order valence-corrected chi connectivity index (χ4v) is 3.26. The second-order valence-corrected chi connectivity index (χ2v) is 7.59. The third kappa shape index (κ3) is 6.62. The first-order valence-corrected chi connectivity index (χ1v) is 9.79. The lowest BCUT2D eigenvalue weighted by Crippen LogP contribution is -2.46. The van der Waals surface area contributed by atoms with Gasteiger partial charge < -0.3 is 15.4 Å². The normalized spacial score (nSPS) is 15.3. The molecule has 0 saturated carbocycles. The molecule has 3 amide bonds. The molecule has 0 bridgehead atoms. The molecule has 9 nitrogen and oxygen atoms in total. The fraction of sp³-hybridized carbons (Fsp3) is 0.500. The number of morpholine rings is 1. The van der Waals surface area contributed by atoms with E-state index in [9.17, 15) is 18.0 Å². The maximum Gasteiger partial charge on any atom is 0.329 e. The number of ether oxygens (including phenoxy) is 1. The van der Waals surface area contributed by atoms with E-state index in [1.54, 1.807) is 12.1 Å². The number of nitrogens with one attached hydrogen (secondary N) is 3. The summed E-state index contributed by atoms with van der Waals surface area (Å²) >= 11 is 0. The molecule has 2 rings (SSSR count). The van der Waals surface area contributed by atoms with Gasteiger partial charge >= 0.3 is 6.03 Å². The van der Waals surface area contributed by atoms with Crippen LogP contribution in [-0.2, 0) is 19.6 Å². The highest BCUT2D eigenvalue weighted by Gasteiger charge is 2.17. The molecule has 3 N–H and O–H groups in total. The molecule has 0 unspecified atom stereocenters. The van der Waals surface area contributed by atoms with Crippen molar-refractivity contribution in [3.05, 3.63) is 29.8 Å². The molecule has 1 heterocycles. The van der Waals surface area contributed by atoms with E-state index in [4.69, 9.17) is 4.74 Å². The maximum atomic E-state index is 12.1. The molecule has 10 heteroatoms. The van der Waals surface area contributed by atoms with Gasteiger partial charge in [-0.1, -0.05) is 17.7 Å². The fourth-order valence-electron chi connectivity index (χ4n) is 2.34. The van der Waals surface area contributed by atoms with Crippen molar-refractivity contribution in [1.29, 1.82) is 0 Å². The summed E-state index contributed by atoms with van der Waals surface area (Å²) in [5.74, 6) is -0.388. The van der Waals surface area contributed by atoms with E-state index in [-0.39, 0.29) is 17.3 Å². The lowest BCUT2D eigenvalue weighted by molar-refractivity contribution is -0.120. The summed E-state index contributed by atoms with van der Waals surface area (Å²) in [7, 11) is -3.97. The number of urea groups is 1. The van der Waals surface area contributed by atoms with Crippen LogP contribution in [0.25, 0.3) is 0 Å². The van der Waals surface area contributed by atoms with Gasteiger partial charge in [0, 0.05) is 26.2 Å². The van der Waals surface area contributed by atoms with Crippen LogP contribution in [0, 0.1) is 6.92 Å². The highest BCUT2D eigenvalue weighted by atomic mass is 32.2. The van der Waals surface area contributed by atoms with Gasteiger partial charge in [-0.15, -0.1) is 0 Å². The minimum absolute atomic E-state index is 0.0202. The van der Waals surface area contributed by atoms with Crippen LogP contribution >= 0.6 is 0 Å². The second kappa shape index (κ2) is 9.51. The molecule has 1 saturated heterocycles. The number of amides is 3. The molecule has 0 aliphatic carbocycles. The van der Waals surface area contributed by atoms with E-state index in [2.05, 4.69) is 15.5 Å². The van der Waals surface area contributed by atoms with Crippen LogP contribution in [0.15, 0.2) is 29.2 Å². The van der Waals surface area contributed by atoms with Gasteiger partial charge in [0.2, 0.25) is 5.91 Å². The Morgan fingerprint density at radius 1 is 1.12 bits per heavy atom. The minimum Gasteiger partial charge on any atom is -0.379 e. The van der Waals surface area contributed by atoms with Crippen molar-refractivity contribution in [1.82, 2.24) is 20.3 Å². The summed E-state index contributed by atoms with van der Waals surface area (Å²) in [5, 5.41) is 4.91. The van der Waals surface area contributed by atoms with E-state index < -0.39 is 16.1 Å². The number of nitrogens with zero attached hydrogens (tertiary/aromatic N) is 1. The molecule has 144 valence electrons. The SMILES string of the molecule is Cc1ccc(S(=O)(=O)NC(=O)NCC(=O)NCCN2CCOCC2)cc1. The standard InChI is InChI=1S/C16H24N4O5S/c1-13-2-4-14(5-3-13)26(23,24)19-16(22)18-12-15(21)17-6-7-20-8-10-25-11-9-20/h2-5H,6-12H2,1H3,(H,17,21)(H2,18,19,22). The summed E-state index contributed by atoms with van der Waals surface area (Å²) < 4.78 is 31.2. The lowest BCUT2D eigenvalue weighted by atomic mass is 10.2. The summed E-state index contributed by atoms with van der Waals surface area (Å²) in [6.07, 6.45) is 0. The summed E-state index contributed by atoms with van der Waals surface area (Å²) in [4.78, 5) is 25.6. The van der Waals surface area contributed by atoms with Crippen molar-refractivity contribution in [3.63, 3.8) is 0 Å². The molecule has 0 atom stereocenters. The monoisotopic (exact) mass is 384 g/mol. The molecule has 1 aromatic carbocycles. The Morgan fingerprint density at radius 2 is 1.77 bits per heavy atom. The van der Waals surface area contributed by atoms with E-state index in [1.807, 2.05) is 11.6 Å². The predicted octanol–water partition coefficient (Wildman–Crippen LogP) is -0.569. The molecule has 1 aliphatic rings. The van der Waals surface area contributed by atoms with E-state index in [0.717, 1.165) is 18.7 Å². The van der Waals surface area contributed by atoms with Crippen LogP contribution < -0.4 is 15.4 Å². The Labute approximate surface area is 153 Å². The number of rotatable bonds is 7. The Bertz CT molecular complexity index is 715. The molecule has 0 spiro atoms. The van der Waals surface area contributed by atoms with E-state index >= 15 is 0 Å². The molecular formula is C16H24N4O5S. The van der Waals surface area contributed by atoms with Gasteiger partial charge in [0.1, 0.15) is 0 Å². The average Bonchev–Trinajstić information content (AvgIpc) is 2.61. The number of hydrogen-bond donors (Lipinski definition) is 3. The van der Waals surface area contributed by atoms with Gasteiger partial charge in [-0.25, -0.2) is 17.9 Å². The smallest absolute Gasteiger partial charge is 0.329 e. The Kier molecular flexibility index (Phi) is 7.37. The Balaban J connectivity index is 1.68. The summed E-state index contributed by atoms with van der Waals surface area (Å²) in [6.45, 7) is 5.69. The molecule has 1 aromatic rings. The molecule has 0 aromatic heterocycles. The van der Waals surface area contributed by atoms with Gasteiger partial charge in [-0.05, 0) is 19.1 Å². The number of carbonyl (C=O) groups excluding carboxylic acids is 2. The van der Waals surface area contributed by atoms with Crippen molar-refractivity contribution in [2.24, 2.45) is 0 Å². The van der Waals surface area contributed by atoms with Crippen molar-refractivity contribution < 1.29 is 22.7 Å². The van der Waals surface area contributed by atoms with Gasteiger partial charge in [0.05, 0.1) is 24.7 Å².